The average molecular weight is 599 g/mol. The second-order valence-corrected chi connectivity index (χ2v) is 12.4. The third-order valence-electron chi connectivity index (χ3n) is 9.99. The third kappa shape index (κ3) is 3.28. The number of para-hydroxylation sites is 6. The molecular formula is C43H26N4. The van der Waals surface area contributed by atoms with Crippen molar-refractivity contribution in [1.29, 1.82) is 0 Å². The van der Waals surface area contributed by atoms with E-state index in [1.807, 2.05) is 0 Å². The molecular weight excluding hydrogens is 573 g/mol. The van der Waals surface area contributed by atoms with Crippen LogP contribution in [0.5, 0.6) is 0 Å². The van der Waals surface area contributed by atoms with Gasteiger partial charge in [0.05, 0.1) is 38.6 Å². The van der Waals surface area contributed by atoms with E-state index in [4.69, 9.17) is 4.98 Å². The van der Waals surface area contributed by atoms with Crippen LogP contribution in [0, 0.1) is 0 Å². The molecule has 0 aliphatic carbocycles. The molecule has 0 N–H and O–H groups in total. The third-order valence-corrected chi connectivity index (χ3v) is 9.99. The van der Waals surface area contributed by atoms with Crippen LogP contribution in [0.3, 0.4) is 0 Å². The smallest absolute Gasteiger partial charge is 0.146 e. The summed E-state index contributed by atoms with van der Waals surface area (Å²) in [5.74, 6) is 0. The number of benzene rings is 7. The summed E-state index contributed by atoms with van der Waals surface area (Å²) >= 11 is 0. The lowest BCUT2D eigenvalue weighted by Gasteiger charge is -2.15. The van der Waals surface area contributed by atoms with E-state index >= 15 is 0 Å². The highest BCUT2D eigenvalue weighted by Crippen LogP contribution is 2.39. The van der Waals surface area contributed by atoms with Gasteiger partial charge in [-0.15, -0.1) is 0 Å². The van der Waals surface area contributed by atoms with Gasteiger partial charge in [-0.2, -0.15) is 0 Å². The maximum Gasteiger partial charge on any atom is 0.146 e. The molecule has 0 atom stereocenters. The lowest BCUT2D eigenvalue weighted by Crippen LogP contribution is -1.98. The molecule has 0 aliphatic rings. The van der Waals surface area contributed by atoms with E-state index in [0.29, 0.717) is 0 Å². The summed E-state index contributed by atoms with van der Waals surface area (Å²) in [7, 11) is 0. The van der Waals surface area contributed by atoms with Crippen LogP contribution >= 0.6 is 0 Å². The molecule has 0 fully saturated rings. The summed E-state index contributed by atoms with van der Waals surface area (Å²) in [6.45, 7) is 0. The Morgan fingerprint density at radius 3 is 1.30 bits per heavy atom. The van der Waals surface area contributed by atoms with Crippen LogP contribution in [0.15, 0.2) is 158 Å². The van der Waals surface area contributed by atoms with Crippen molar-refractivity contribution in [3.8, 4) is 11.4 Å². The minimum Gasteiger partial charge on any atom is -0.309 e. The first kappa shape index (κ1) is 24.9. The van der Waals surface area contributed by atoms with Crippen molar-refractivity contribution in [1.82, 2.24) is 18.5 Å². The first-order chi connectivity index (χ1) is 23.3. The van der Waals surface area contributed by atoms with Crippen molar-refractivity contribution < 1.29 is 0 Å². The van der Waals surface area contributed by atoms with Gasteiger partial charge in [-0.25, -0.2) is 4.98 Å². The normalized spacial score (nSPS) is 12.3. The van der Waals surface area contributed by atoms with Gasteiger partial charge in [0.25, 0.3) is 0 Å². The Bertz CT molecular complexity index is 2970. The van der Waals surface area contributed by atoms with Gasteiger partial charge < -0.3 is 9.13 Å². The molecule has 7 aromatic carbocycles. The van der Waals surface area contributed by atoms with Crippen molar-refractivity contribution >= 4 is 82.0 Å². The fourth-order valence-corrected chi connectivity index (χ4v) is 8.01. The summed E-state index contributed by atoms with van der Waals surface area (Å²) < 4.78 is 7.15. The molecule has 0 aliphatic heterocycles. The molecule has 11 aromatic rings. The predicted molar refractivity (Wildman–Crippen MR) is 196 cm³/mol. The van der Waals surface area contributed by atoms with Gasteiger partial charge in [-0.05, 0) is 72.1 Å². The minimum atomic E-state index is 0.974. The van der Waals surface area contributed by atoms with E-state index in [2.05, 4.69) is 171 Å². The second-order valence-electron chi connectivity index (χ2n) is 12.4. The van der Waals surface area contributed by atoms with Gasteiger partial charge in [0, 0.05) is 43.7 Å². The standard InChI is InChI=1S/C43H26N4/c1-6-16-37-29(11-1)30-12-2-7-17-38(30)45(37)27-22-24-34-35(25-27)33-23-21-28(26-42(33)47-41-20-10-5-15-36(41)44-43(34)47)46-39-18-8-3-13-31(39)32-14-4-9-19-40(32)46/h1-26H. The van der Waals surface area contributed by atoms with Crippen LogP contribution in [0.4, 0.5) is 0 Å². The molecule has 0 saturated carbocycles. The summed E-state index contributed by atoms with van der Waals surface area (Å²) in [5.41, 5.74) is 11.3. The summed E-state index contributed by atoms with van der Waals surface area (Å²) in [5, 5.41) is 8.57. The molecule has 4 aromatic heterocycles. The van der Waals surface area contributed by atoms with Gasteiger partial charge >= 0.3 is 0 Å². The van der Waals surface area contributed by atoms with Gasteiger partial charge in [0.15, 0.2) is 0 Å². The monoisotopic (exact) mass is 598 g/mol. The number of rotatable bonds is 2. The van der Waals surface area contributed by atoms with Crippen molar-refractivity contribution in [3.05, 3.63) is 158 Å². The molecule has 0 bridgehead atoms. The molecule has 4 heterocycles. The lowest BCUT2D eigenvalue weighted by atomic mass is 10.0. The van der Waals surface area contributed by atoms with E-state index in [-0.39, 0.29) is 0 Å². The summed E-state index contributed by atoms with van der Waals surface area (Å²) in [6, 6.07) is 57.1. The van der Waals surface area contributed by atoms with Gasteiger partial charge in [-0.3, -0.25) is 4.40 Å². The van der Waals surface area contributed by atoms with Gasteiger partial charge in [-0.1, -0.05) is 91.0 Å². The van der Waals surface area contributed by atoms with Crippen LogP contribution in [-0.4, -0.2) is 18.5 Å². The van der Waals surface area contributed by atoms with Crippen molar-refractivity contribution in [2.75, 3.05) is 0 Å². The van der Waals surface area contributed by atoms with Crippen LogP contribution in [-0.2, 0) is 0 Å². The molecule has 47 heavy (non-hydrogen) atoms. The maximum absolute atomic E-state index is 5.23. The SMILES string of the molecule is c1ccc2c(c1)nc1c3ccc(-n4c5ccccc5c5ccccc54)cc3c3ccc(-n4c5ccccc5c5ccccc54)cc3n21. The number of pyridine rings is 1. The van der Waals surface area contributed by atoms with Gasteiger partial charge in [0.1, 0.15) is 5.65 Å². The topological polar surface area (TPSA) is 27.2 Å². The number of fused-ring (bicyclic) bond motifs is 14. The van der Waals surface area contributed by atoms with E-state index in [1.54, 1.807) is 0 Å². The molecule has 0 radical (unpaired) electrons. The first-order valence-electron chi connectivity index (χ1n) is 16.1. The number of nitrogens with zero attached hydrogens (tertiary/aromatic N) is 4. The number of hydrogen-bond donors (Lipinski definition) is 0. The fourth-order valence-electron chi connectivity index (χ4n) is 8.01. The molecule has 0 unspecified atom stereocenters. The Hall–Kier alpha value is -6.39. The van der Waals surface area contributed by atoms with E-state index in [0.717, 1.165) is 39.0 Å². The zero-order chi connectivity index (χ0) is 30.6. The van der Waals surface area contributed by atoms with E-state index < -0.39 is 0 Å². The Morgan fingerprint density at radius 2 is 0.745 bits per heavy atom. The first-order valence-corrected chi connectivity index (χ1v) is 16.1. The van der Waals surface area contributed by atoms with Crippen LogP contribution in [0.25, 0.3) is 93.3 Å². The van der Waals surface area contributed by atoms with Crippen molar-refractivity contribution in [2.45, 2.75) is 0 Å². The number of aromatic nitrogens is 4. The van der Waals surface area contributed by atoms with Crippen LogP contribution < -0.4 is 0 Å². The van der Waals surface area contributed by atoms with E-state index in [9.17, 15) is 0 Å². The molecule has 4 nitrogen and oxygen atoms in total. The highest BCUT2D eigenvalue weighted by molar-refractivity contribution is 6.16. The molecule has 0 saturated heterocycles. The van der Waals surface area contributed by atoms with Gasteiger partial charge in [0.2, 0.25) is 0 Å². The molecule has 11 rings (SSSR count). The zero-order valence-corrected chi connectivity index (χ0v) is 25.3. The molecule has 4 heteroatoms. The Balaban J connectivity index is 1.27. The largest absolute Gasteiger partial charge is 0.309 e. The van der Waals surface area contributed by atoms with Crippen molar-refractivity contribution in [3.63, 3.8) is 0 Å². The average Bonchev–Trinajstić information content (AvgIpc) is 3.80. The highest BCUT2D eigenvalue weighted by atomic mass is 15.0. The lowest BCUT2D eigenvalue weighted by molar-refractivity contribution is 1.18. The quantitative estimate of drug-likeness (QED) is 0.182. The fraction of sp³-hybridized carbons (Fsp3) is 0. The Kier molecular flexibility index (Phi) is 4.81. The number of hydrogen-bond acceptors (Lipinski definition) is 1. The number of imidazole rings is 1. The Labute approximate surface area is 268 Å². The minimum absolute atomic E-state index is 0.974. The zero-order valence-electron chi connectivity index (χ0n) is 25.3. The summed E-state index contributed by atoms with van der Waals surface area (Å²) in [4.78, 5) is 5.23. The van der Waals surface area contributed by atoms with Crippen molar-refractivity contribution in [2.24, 2.45) is 0 Å². The Morgan fingerprint density at radius 1 is 0.319 bits per heavy atom. The molecule has 0 spiro atoms. The highest BCUT2D eigenvalue weighted by Gasteiger charge is 2.18. The second kappa shape index (κ2) is 9.09. The molecule has 218 valence electrons. The van der Waals surface area contributed by atoms with Crippen LogP contribution in [0.2, 0.25) is 0 Å². The predicted octanol–water partition coefficient (Wildman–Crippen LogP) is 11.0. The van der Waals surface area contributed by atoms with Crippen LogP contribution in [0.1, 0.15) is 0 Å². The molecule has 0 amide bonds. The van der Waals surface area contributed by atoms with E-state index in [1.165, 1.54) is 54.4 Å². The maximum atomic E-state index is 5.23. The summed E-state index contributed by atoms with van der Waals surface area (Å²) in [6.07, 6.45) is 0.